The molecule has 0 amide bonds. The maximum atomic E-state index is 4.45. The molecule has 5 heteroatoms. The van der Waals surface area contributed by atoms with E-state index < -0.39 is 0 Å². The number of aromatic nitrogens is 5. The number of H-pyrrole nitrogens is 1. The summed E-state index contributed by atoms with van der Waals surface area (Å²) in [5.41, 5.74) is 2.21. The van der Waals surface area contributed by atoms with E-state index in [0.29, 0.717) is 17.0 Å². The van der Waals surface area contributed by atoms with Gasteiger partial charge in [-0.1, -0.05) is 24.3 Å². The molecule has 19 heavy (non-hydrogen) atoms. The van der Waals surface area contributed by atoms with Crippen LogP contribution in [0.1, 0.15) is 0 Å². The third-order valence-electron chi connectivity index (χ3n) is 3.05. The average molecular weight is 247 g/mol. The van der Waals surface area contributed by atoms with E-state index in [2.05, 4.69) is 31.0 Å². The van der Waals surface area contributed by atoms with Gasteiger partial charge in [0.15, 0.2) is 11.5 Å². The number of nitrogens with one attached hydrogen (secondary N) is 1. The normalized spacial score (nSPS) is 11.2. The van der Waals surface area contributed by atoms with Crippen LogP contribution in [0.5, 0.6) is 0 Å². The summed E-state index contributed by atoms with van der Waals surface area (Å²) in [5.74, 6) is 0.634. The van der Waals surface area contributed by atoms with Crippen molar-refractivity contribution in [2.45, 2.75) is 0 Å². The fourth-order valence-corrected chi connectivity index (χ4v) is 2.15. The Morgan fingerprint density at radius 1 is 0.947 bits per heavy atom. The van der Waals surface area contributed by atoms with E-state index in [1.165, 1.54) is 0 Å². The summed E-state index contributed by atoms with van der Waals surface area (Å²) in [7, 11) is 0. The van der Waals surface area contributed by atoms with Gasteiger partial charge in [0.25, 0.3) is 0 Å². The molecule has 90 valence electrons. The van der Waals surface area contributed by atoms with Gasteiger partial charge in [0.05, 0.1) is 11.9 Å². The zero-order valence-electron chi connectivity index (χ0n) is 9.91. The van der Waals surface area contributed by atoms with E-state index in [-0.39, 0.29) is 0 Å². The zero-order valence-corrected chi connectivity index (χ0v) is 9.91. The Morgan fingerprint density at radius 3 is 2.84 bits per heavy atom. The molecule has 4 aromatic rings. The molecular formula is C14H9N5. The SMILES string of the molecule is c1ccc2c(-c3ncc4nccnc4n3)[nH]cc2c1. The Hall–Kier alpha value is -2.82. The summed E-state index contributed by atoms with van der Waals surface area (Å²) in [4.78, 5) is 20.4. The average Bonchev–Trinajstić information content (AvgIpc) is 2.91. The molecule has 0 spiro atoms. The van der Waals surface area contributed by atoms with Crippen LogP contribution in [0, 0.1) is 0 Å². The van der Waals surface area contributed by atoms with Crippen molar-refractivity contribution in [2.75, 3.05) is 0 Å². The molecule has 4 rings (SSSR count). The van der Waals surface area contributed by atoms with Crippen LogP contribution in [0.15, 0.2) is 49.1 Å². The van der Waals surface area contributed by atoms with Crippen molar-refractivity contribution in [2.24, 2.45) is 0 Å². The van der Waals surface area contributed by atoms with Gasteiger partial charge in [-0.25, -0.2) is 19.9 Å². The van der Waals surface area contributed by atoms with Crippen LogP contribution >= 0.6 is 0 Å². The summed E-state index contributed by atoms with van der Waals surface area (Å²) in [5, 5.41) is 2.24. The molecule has 0 bridgehead atoms. The van der Waals surface area contributed by atoms with E-state index >= 15 is 0 Å². The highest BCUT2D eigenvalue weighted by Gasteiger charge is 2.09. The molecule has 0 aliphatic heterocycles. The molecule has 0 saturated heterocycles. The first-order valence-electron chi connectivity index (χ1n) is 5.92. The van der Waals surface area contributed by atoms with Gasteiger partial charge < -0.3 is 4.98 Å². The van der Waals surface area contributed by atoms with Crippen molar-refractivity contribution >= 4 is 21.9 Å². The first-order valence-corrected chi connectivity index (χ1v) is 5.92. The predicted octanol–water partition coefficient (Wildman–Crippen LogP) is 2.57. The maximum Gasteiger partial charge on any atom is 0.181 e. The first-order chi connectivity index (χ1) is 9.42. The molecule has 1 aromatic carbocycles. The second-order valence-electron chi connectivity index (χ2n) is 4.21. The van der Waals surface area contributed by atoms with Crippen molar-refractivity contribution in [1.82, 2.24) is 24.9 Å². The molecule has 1 N–H and O–H groups in total. The fraction of sp³-hybridized carbons (Fsp3) is 0. The standard InChI is InChI=1S/C14H9N5/c1-2-4-10-9(3-1)7-17-12(10)14-18-8-11-13(19-14)16-6-5-15-11/h1-8,17H. The molecule has 0 saturated carbocycles. The molecule has 0 aliphatic rings. The highest BCUT2D eigenvalue weighted by molar-refractivity contribution is 5.94. The van der Waals surface area contributed by atoms with Crippen molar-refractivity contribution in [3.8, 4) is 11.5 Å². The van der Waals surface area contributed by atoms with Gasteiger partial charge in [-0.2, -0.15) is 0 Å². The zero-order chi connectivity index (χ0) is 12.7. The summed E-state index contributed by atoms with van der Waals surface area (Å²) in [6.07, 6.45) is 6.91. The molecule has 3 heterocycles. The van der Waals surface area contributed by atoms with Gasteiger partial charge in [0.1, 0.15) is 5.52 Å². The van der Waals surface area contributed by atoms with Crippen LogP contribution < -0.4 is 0 Å². The first kappa shape index (κ1) is 10.1. The van der Waals surface area contributed by atoms with Crippen molar-refractivity contribution in [3.05, 3.63) is 49.1 Å². The Balaban J connectivity index is 1.99. The number of fused-ring (bicyclic) bond motifs is 2. The summed E-state index contributed by atoms with van der Waals surface area (Å²) in [6, 6.07) is 8.11. The highest BCUT2D eigenvalue weighted by Crippen LogP contribution is 2.25. The minimum Gasteiger partial charge on any atom is -0.358 e. The predicted molar refractivity (Wildman–Crippen MR) is 72.4 cm³/mol. The van der Waals surface area contributed by atoms with Crippen LogP contribution in [0.4, 0.5) is 0 Å². The number of hydrogen-bond donors (Lipinski definition) is 1. The summed E-state index contributed by atoms with van der Waals surface area (Å²) >= 11 is 0. The monoisotopic (exact) mass is 247 g/mol. The Labute approximate surface area is 108 Å². The molecule has 3 aromatic heterocycles. The van der Waals surface area contributed by atoms with Crippen LogP contribution in [-0.4, -0.2) is 24.9 Å². The Bertz CT molecular complexity index is 881. The number of benzene rings is 1. The number of hydrogen-bond acceptors (Lipinski definition) is 4. The quantitative estimate of drug-likeness (QED) is 0.561. The van der Waals surface area contributed by atoms with Crippen LogP contribution in [0.25, 0.3) is 33.5 Å². The lowest BCUT2D eigenvalue weighted by Crippen LogP contribution is -1.93. The molecule has 0 radical (unpaired) electrons. The lowest BCUT2D eigenvalue weighted by Gasteiger charge is -1.99. The van der Waals surface area contributed by atoms with Gasteiger partial charge in [-0.05, 0) is 5.39 Å². The van der Waals surface area contributed by atoms with Crippen molar-refractivity contribution < 1.29 is 0 Å². The van der Waals surface area contributed by atoms with Crippen LogP contribution in [-0.2, 0) is 0 Å². The molecule has 0 aliphatic carbocycles. The molecule has 5 nitrogen and oxygen atoms in total. The number of aromatic amines is 1. The van der Waals surface area contributed by atoms with E-state index in [9.17, 15) is 0 Å². The minimum atomic E-state index is 0.603. The summed E-state index contributed by atoms with van der Waals surface area (Å²) < 4.78 is 0. The van der Waals surface area contributed by atoms with Crippen molar-refractivity contribution in [3.63, 3.8) is 0 Å². The molecule has 0 atom stereocenters. The van der Waals surface area contributed by atoms with Crippen molar-refractivity contribution in [1.29, 1.82) is 0 Å². The van der Waals surface area contributed by atoms with E-state index in [0.717, 1.165) is 16.5 Å². The van der Waals surface area contributed by atoms with Gasteiger partial charge >= 0.3 is 0 Å². The molecular weight excluding hydrogens is 238 g/mol. The largest absolute Gasteiger partial charge is 0.358 e. The molecule has 0 unspecified atom stereocenters. The van der Waals surface area contributed by atoms with Crippen LogP contribution in [0.2, 0.25) is 0 Å². The van der Waals surface area contributed by atoms with E-state index in [1.54, 1.807) is 18.6 Å². The number of rotatable bonds is 1. The molecule has 0 fully saturated rings. The third kappa shape index (κ3) is 1.55. The van der Waals surface area contributed by atoms with E-state index in [4.69, 9.17) is 0 Å². The summed E-state index contributed by atoms with van der Waals surface area (Å²) in [6.45, 7) is 0. The third-order valence-corrected chi connectivity index (χ3v) is 3.05. The Kier molecular flexibility index (Phi) is 2.05. The lowest BCUT2D eigenvalue weighted by molar-refractivity contribution is 1.14. The fourth-order valence-electron chi connectivity index (χ4n) is 2.15. The second-order valence-corrected chi connectivity index (χ2v) is 4.21. The van der Waals surface area contributed by atoms with Crippen LogP contribution in [0.3, 0.4) is 0 Å². The Morgan fingerprint density at radius 2 is 1.84 bits per heavy atom. The smallest absolute Gasteiger partial charge is 0.181 e. The highest BCUT2D eigenvalue weighted by atomic mass is 15.0. The maximum absolute atomic E-state index is 4.45. The van der Waals surface area contributed by atoms with Gasteiger partial charge in [-0.3, -0.25) is 0 Å². The van der Waals surface area contributed by atoms with Gasteiger partial charge in [0.2, 0.25) is 0 Å². The van der Waals surface area contributed by atoms with Gasteiger partial charge in [0, 0.05) is 24.0 Å². The second kappa shape index (κ2) is 3.84. The van der Waals surface area contributed by atoms with E-state index in [1.807, 2.05) is 24.4 Å². The topological polar surface area (TPSA) is 67.3 Å². The lowest BCUT2D eigenvalue weighted by atomic mass is 10.2. The number of nitrogens with zero attached hydrogens (tertiary/aromatic N) is 4. The van der Waals surface area contributed by atoms with Gasteiger partial charge in [-0.15, -0.1) is 0 Å². The minimum absolute atomic E-state index is 0.603.